The van der Waals surface area contributed by atoms with Crippen LogP contribution in [0.15, 0.2) is 30.5 Å². The highest BCUT2D eigenvalue weighted by Gasteiger charge is 2.19. The Morgan fingerprint density at radius 3 is 2.64 bits per heavy atom. The number of nitrogens with zero attached hydrogens (tertiary/aromatic N) is 5. The molecule has 2 heterocycles. The number of aromatic nitrogens is 3. The molecule has 0 saturated carbocycles. The van der Waals surface area contributed by atoms with Crippen LogP contribution in [0, 0.1) is 0 Å². The smallest absolute Gasteiger partial charge is 0.276 e. The fourth-order valence-corrected chi connectivity index (χ4v) is 3.21. The molecule has 1 aliphatic rings. The number of benzene rings is 1. The summed E-state index contributed by atoms with van der Waals surface area (Å²) >= 11 is 5.90. The van der Waals surface area contributed by atoms with E-state index >= 15 is 0 Å². The molecule has 0 spiro atoms. The number of carbonyl (C=O) groups excluding carboxylic acids is 1. The van der Waals surface area contributed by atoms with Crippen LogP contribution < -0.4 is 0 Å². The van der Waals surface area contributed by atoms with Crippen molar-refractivity contribution in [2.45, 2.75) is 26.3 Å². The third-order valence-corrected chi connectivity index (χ3v) is 4.82. The third kappa shape index (κ3) is 4.80. The number of carbonyl (C=O) groups is 1. The Labute approximate surface area is 153 Å². The Kier molecular flexibility index (Phi) is 6.04. The van der Waals surface area contributed by atoms with Gasteiger partial charge in [-0.05, 0) is 50.6 Å². The van der Waals surface area contributed by atoms with E-state index < -0.39 is 0 Å². The Morgan fingerprint density at radius 1 is 1.24 bits per heavy atom. The van der Waals surface area contributed by atoms with Gasteiger partial charge in [-0.15, -0.1) is 5.10 Å². The highest BCUT2D eigenvalue weighted by molar-refractivity contribution is 6.30. The van der Waals surface area contributed by atoms with E-state index in [4.69, 9.17) is 11.6 Å². The Hall–Kier alpha value is -1.92. The van der Waals surface area contributed by atoms with Gasteiger partial charge in [-0.3, -0.25) is 4.79 Å². The molecule has 1 fully saturated rings. The van der Waals surface area contributed by atoms with Crippen LogP contribution in [0.5, 0.6) is 0 Å². The Balaban J connectivity index is 1.59. The Bertz CT molecular complexity index is 694. The van der Waals surface area contributed by atoms with E-state index in [0.29, 0.717) is 23.8 Å². The lowest BCUT2D eigenvalue weighted by atomic mass is 10.2. The maximum atomic E-state index is 12.7. The van der Waals surface area contributed by atoms with Crippen molar-refractivity contribution >= 4 is 17.5 Å². The summed E-state index contributed by atoms with van der Waals surface area (Å²) in [5.41, 5.74) is 1.46. The Morgan fingerprint density at radius 2 is 1.96 bits per heavy atom. The molecule has 1 aromatic heterocycles. The quantitative estimate of drug-likeness (QED) is 0.760. The number of hydrogen-bond acceptors (Lipinski definition) is 4. The summed E-state index contributed by atoms with van der Waals surface area (Å²) in [7, 11) is 0. The zero-order valence-corrected chi connectivity index (χ0v) is 15.3. The standard InChI is InChI=1S/C18H24ClN5O/c1-2-23(12-11-22-9-3-4-10-22)18(25)17-14-24(21-20-17)13-15-5-7-16(19)8-6-15/h5-8,14H,2-4,9-13H2,1H3. The molecular weight excluding hydrogens is 338 g/mol. The van der Waals surface area contributed by atoms with E-state index in [2.05, 4.69) is 15.2 Å². The second-order valence-electron chi connectivity index (χ2n) is 6.36. The zero-order chi connectivity index (χ0) is 17.6. The van der Waals surface area contributed by atoms with Gasteiger partial charge in [-0.25, -0.2) is 4.68 Å². The molecule has 134 valence electrons. The molecule has 3 rings (SSSR count). The lowest BCUT2D eigenvalue weighted by Crippen LogP contribution is -2.38. The summed E-state index contributed by atoms with van der Waals surface area (Å²) in [5, 5.41) is 8.85. The van der Waals surface area contributed by atoms with E-state index in [9.17, 15) is 4.79 Å². The van der Waals surface area contributed by atoms with Crippen molar-refractivity contribution in [2.75, 3.05) is 32.7 Å². The van der Waals surface area contributed by atoms with E-state index in [1.54, 1.807) is 10.9 Å². The first-order valence-corrected chi connectivity index (χ1v) is 9.19. The highest BCUT2D eigenvalue weighted by Crippen LogP contribution is 2.11. The zero-order valence-electron chi connectivity index (χ0n) is 14.6. The SMILES string of the molecule is CCN(CCN1CCCC1)C(=O)c1cn(Cc2ccc(Cl)cc2)nn1. The minimum Gasteiger partial charge on any atom is -0.336 e. The molecule has 25 heavy (non-hydrogen) atoms. The summed E-state index contributed by atoms with van der Waals surface area (Å²) in [6, 6.07) is 7.58. The van der Waals surface area contributed by atoms with Crippen molar-refractivity contribution in [3.63, 3.8) is 0 Å². The van der Waals surface area contributed by atoms with Gasteiger partial charge in [0, 0.05) is 24.7 Å². The monoisotopic (exact) mass is 361 g/mol. The fourth-order valence-electron chi connectivity index (χ4n) is 3.08. The average Bonchev–Trinajstić information content (AvgIpc) is 3.29. The van der Waals surface area contributed by atoms with Crippen LogP contribution >= 0.6 is 11.6 Å². The van der Waals surface area contributed by atoms with Crippen LogP contribution in [0.25, 0.3) is 0 Å². The molecule has 0 aliphatic carbocycles. The van der Waals surface area contributed by atoms with Crippen LogP contribution in [0.2, 0.25) is 5.02 Å². The van der Waals surface area contributed by atoms with Crippen molar-refractivity contribution in [3.05, 3.63) is 46.7 Å². The van der Waals surface area contributed by atoms with E-state index in [1.807, 2.05) is 36.1 Å². The van der Waals surface area contributed by atoms with Gasteiger partial charge in [0.25, 0.3) is 5.91 Å². The minimum absolute atomic E-state index is 0.0518. The van der Waals surface area contributed by atoms with Crippen LogP contribution in [0.3, 0.4) is 0 Å². The molecular formula is C18H24ClN5O. The van der Waals surface area contributed by atoms with Gasteiger partial charge in [0.05, 0.1) is 12.7 Å². The third-order valence-electron chi connectivity index (χ3n) is 4.57. The van der Waals surface area contributed by atoms with Crippen molar-refractivity contribution in [3.8, 4) is 0 Å². The normalized spacial score (nSPS) is 14.8. The molecule has 1 amide bonds. The average molecular weight is 362 g/mol. The molecule has 0 bridgehead atoms. The molecule has 0 radical (unpaired) electrons. The number of hydrogen-bond donors (Lipinski definition) is 0. The predicted octanol–water partition coefficient (Wildman–Crippen LogP) is 2.54. The first kappa shape index (κ1) is 17.9. The van der Waals surface area contributed by atoms with Gasteiger partial charge in [0.15, 0.2) is 5.69 Å². The first-order valence-electron chi connectivity index (χ1n) is 8.82. The summed E-state index contributed by atoms with van der Waals surface area (Å²) in [4.78, 5) is 16.9. The van der Waals surface area contributed by atoms with E-state index in [1.165, 1.54) is 12.8 Å². The van der Waals surface area contributed by atoms with E-state index in [-0.39, 0.29) is 5.91 Å². The van der Waals surface area contributed by atoms with Gasteiger partial charge in [0.2, 0.25) is 0 Å². The molecule has 6 nitrogen and oxygen atoms in total. The van der Waals surface area contributed by atoms with Gasteiger partial charge < -0.3 is 9.80 Å². The van der Waals surface area contributed by atoms with Crippen molar-refractivity contribution in [2.24, 2.45) is 0 Å². The van der Waals surface area contributed by atoms with Crippen molar-refractivity contribution < 1.29 is 4.79 Å². The van der Waals surface area contributed by atoms with Gasteiger partial charge in [-0.2, -0.15) is 0 Å². The predicted molar refractivity (Wildman–Crippen MR) is 97.8 cm³/mol. The van der Waals surface area contributed by atoms with Crippen LogP contribution in [-0.4, -0.2) is 63.4 Å². The molecule has 0 N–H and O–H groups in total. The largest absolute Gasteiger partial charge is 0.336 e. The van der Waals surface area contributed by atoms with Crippen LogP contribution in [0.1, 0.15) is 35.8 Å². The fraction of sp³-hybridized carbons (Fsp3) is 0.500. The van der Waals surface area contributed by atoms with Crippen molar-refractivity contribution in [1.29, 1.82) is 0 Å². The number of rotatable bonds is 7. The maximum Gasteiger partial charge on any atom is 0.276 e. The molecule has 0 unspecified atom stereocenters. The van der Waals surface area contributed by atoms with Crippen LogP contribution in [-0.2, 0) is 6.54 Å². The van der Waals surface area contributed by atoms with Crippen LogP contribution in [0.4, 0.5) is 0 Å². The number of likely N-dealkylation sites (N-methyl/N-ethyl adjacent to an activating group) is 1. The molecule has 2 aromatic rings. The summed E-state index contributed by atoms with van der Waals surface area (Å²) in [5.74, 6) is -0.0518. The number of likely N-dealkylation sites (tertiary alicyclic amines) is 1. The highest BCUT2D eigenvalue weighted by atomic mass is 35.5. The molecule has 0 atom stereocenters. The van der Waals surface area contributed by atoms with Gasteiger partial charge in [0.1, 0.15) is 0 Å². The minimum atomic E-state index is -0.0518. The summed E-state index contributed by atoms with van der Waals surface area (Å²) in [6.07, 6.45) is 4.24. The topological polar surface area (TPSA) is 54.3 Å². The molecule has 1 aromatic carbocycles. The summed E-state index contributed by atoms with van der Waals surface area (Å²) < 4.78 is 1.69. The number of halogens is 1. The first-order chi connectivity index (χ1) is 12.2. The van der Waals surface area contributed by atoms with Crippen molar-refractivity contribution in [1.82, 2.24) is 24.8 Å². The second kappa shape index (κ2) is 8.45. The van der Waals surface area contributed by atoms with E-state index in [0.717, 1.165) is 31.7 Å². The number of amides is 1. The molecule has 1 saturated heterocycles. The summed E-state index contributed by atoms with van der Waals surface area (Å²) in [6.45, 7) is 7.19. The lowest BCUT2D eigenvalue weighted by Gasteiger charge is -2.23. The molecule has 1 aliphatic heterocycles. The maximum absolute atomic E-state index is 12.7. The second-order valence-corrected chi connectivity index (χ2v) is 6.80. The molecule has 7 heteroatoms. The lowest BCUT2D eigenvalue weighted by molar-refractivity contribution is 0.0743. The van der Waals surface area contributed by atoms with Gasteiger partial charge in [-0.1, -0.05) is 28.9 Å². The van der Waals surface area contributed by atoms with Gasteiger partial charge >= 0.3 is 0 Å².